The van der Waals surface area contributed by atoms with Gasteiger partial charge in [0.25, 0.3) is 35.9 Å². The van der Waals surface area contributed by atoms with Gasteiger partial charge < -0.3 is 20.1 Å². The molecule has 0 unspecified atom stereocenters. The molecule has 0 aliphatic heterocycles. The number of anilines is 2. The largest absolute Gasteiger partial charge is 0.481 e. The summed E-state index contributed by atoms with van der Waals surface area (Å²) in [6.45, 7) is -0.429. The lowest BCUT2D eigenvalue weighted by molar-refractivity contribution is -0.137. The average Bonchev–Trinajstić information content (AvgIpc) is 3.11. The van der Waals surface area contributed by atoms with Crippen LogP contribution in [-0.2, 0) is 56.3 Å². The number of aromatic nitrogens is 1. The standard InChI is InChI=1S/C34H25ClN2O17S4/c35-17-6-3-5-16(11-17)15-54-34(42)30-27-18-7-1-2-8-19(18)32(40)28-21(13-25(58(51,52)53)31(29(27)28)37-33(30)41)36-20-12-23(55(43,44)10-4-9-26(38)39)24(57(48,49)50)14-22(20)56(45,46)47/h1-3,5-8,11-14,36H,4,9-10,15H2,(H,37,41)(H,38,39)(H,45,46,47)(H,48,49,50)(H,51,52,53). The number of carbonyl (C=O) groups is 3. The minimum Gasteiger partial charge on any atom is -0.481 e. The van der Waals surface area contributed by atoms with E-state index in [1.165, 1.54) is 30.3 Å². The molecule has 24 heteroatoms. The average molecular weight is 897 g/mol. The van der Waals surface area contributed by atoms with Crippen LogP contribution in [0.5, 0.6) is 0 Å². The van der Waals surface area contributed by atoms with E-state index in [9.17, 15) is 66.5 Å². The topological polar surface area (TPSA) is 323 Å². The lowest BCUT2D eigenvalue weighted by Gasteiger charge is -2.25. The van der Waals surface area contributed by atoms with Crippen LogP contribution in [-0.4, -0.2) is 80.9 Å². The molecule has 19 nitrogen and oxygen atoms in total. The third kappa shape index (κ3) is 8.10. The molecular weight excluding hydrogens is 872 g/mol. The predicted octanol–water partition coefficient (Wildman–Crippen LogP) is 3.87. The third-order valence-electron chi connectivity index (χ3n) is 8.68. The van der Waals surface area contributed by atoms with Gasteiger partial charge in [-0.3, -0.25) is 28.0 Å². The number of aromatic amines is 1. The van der Waals surface area contributed by atoms with Gasteiger partial charge in [-0.1, -0.05) is 48.0 Å². The molecule has 5 aromatic rings. The SMILES string of the molecule is O=C(O)CCCS(=O)(=O)c1cc(Nc2cc(S(=O)(=O)O)c3[nH]c(=O)c(C(=O)OCc4cccc(Cl)c4)c4c3c2C(=O)c2ccccc2-4)c(S(=O)(=O)O)cc1S(=O)(=O)O. The zero-order valence-corrected chi connectivity index (χ0v) is 32.8. The molecule has 1 heterocycles. The summed E-state index contributed by atoms with van der Waals surface area (Å²) in [5.74, 6) is -4.76. The van der Waals surface area contributed by atoms with E-state index < -0.39 is 147 Å². The molecule has 1 aliphatic rings. The molecule has 0 amide bonds. The normalized spacial score (nSPS) is 12.9. The molecule has 6 rings (SSSR count). The van der Waals surface area contributed by atoms with Crippen LogP contribution in [0.25, 0.3) is 22.0 Å². The number of esters is 1. The van der Waals surface area contributed by atoms with Gasteiger partial charge in [0.2, 0.25) is 0 Å². The lowest BCUT2D eigenvalue weighted by atomic mass is 9.81. The number of aliphatic carboxylic acids is 1. The van der Waals surface area contributed by atoms with Crippen molar-refractivity contribution in [3.8, 4) is 11.1 Å². The molecule has 0 saturated heterocycles. The molecule has 0 atom stereocenters. The molecule has 6 N–H and O–H groups in total. The highest BCUT2D eigenvalue weighted by Crippen LogP contribution is 2.46. The summed E-state index contributed by atoms with van der Waals surface area (Å²) in [6.07, 6.45) is -1.33. The molecule has 0 saturated carbocycles. The molecule has 58 heavy (non-hydrogen) atoms. The van der Waals surface area contributed by atoms with Gasteiger partial charge in [0.15, 0.2) is 15.6 Å². The van der Waals surface area contributed by atoms with E-state index >= 15 is 0 Å². The van der Waals surface area contributed by atoms with Crippen LogP contribution in [0.1, 0.15) is 44.7 Å². The number of carbonyl (C=O) groups excluding carboxylic acids is 2. The van der Waals surface area contributed by atoms with Crippen molar-refractivity contribution in [2.75, 3.05) is 11.1 Å². The van der Waals surface area contributed by atoms with Crippen molar-refractivity contribution in [2.24, 2.45) is 0 Å². The van der Waals surface area contributed by atoms with E-state index in [1.54, 1.807) is 18.2 Å². The number of fused-ring (bicyclic) bond motifs is 2. The van der Waals surface area contributed by atoms with Crippen molar-refractivity contribution in [3.05, 3.63) is 104 Å². The van der Waals surface area contributed by atoms with E-state index in [0.29, 0.717) is 17.7 Å². The number of carboxylic acid groups (broad SMARTS) is 1. The van der Waals surface area contributed by atoms with Gasteiger partial charge in [-0.2, -0.15) is 25.3 Å². The highest BCUT2D eigenvalue weighted by atomic mass is 35.5. The molecule has 0 radical (unpaired) electrons. The summed E-state index contributed by atoms with van der Waals surface area (Å²) in [5, 5.41) is 11.1. The molecule has 1 aromatic heterocycles. The van der Waals surface area contributed by atoms with Crippen LogP contribution >= 0.6 is 11.6 Å². The first-order chi connectivity index (χ1) is 26.9. The van der Waals surface area contributed by atoms with Gasteiger partial charge in [-0.15, -0.1) is 0 Å². The van der Waals surface area contributed by atoms with E-state index in [1.807, 2.05) is 0 Å². The van der Waals surface area contributed by atoms with Crippen molar-refractivity contribution in [1.29, 1.82) is 0 Å². The highest BCUT2D eigenvalue weighted by Gasteiger charge is 2.37. The second-order valence-electron chi connectivity index (χ2n) is 12.5. The minimum absolute atomic E-state index is 0.0431. The maximum atomic E-state index is 14.3. The Morgan fingerprint density at radius 3 is 1.95 bits per heavy atom. The monoisotopic (exact) mass is 896 g/mol. The molecule has 0 bridgehead atoms. The quantitative estimate of drug-likeness (QED) is 0.0708. The number of hydrogen-bond acceptors (Lipinski definition) is 14. The smallest absolute Gasteiger partial charge is 0.344 e. The number of carboxylic acids is 1. The second kappa shape index (κ2) is 15.0. The van der Waals surface area contributed by atoms with Gasteiger partial charge in [0.1, 0.15) is 26.9 Å². The Kier molecular flexibility index (Phi) is 10.9. The number of pyridine rings is 1. The van der Waals surface area contributed by atoms with Crippen LogP contribution in [0.3, 0.4) is 0 Å². The Morgan fingerprint density at radius 1 is 0.724 bits per heavy atom. The summed E-state index contributed by atoms with van der Waals surface area (Å²) < 4.78 is 139. The number of H-pyrrole nitrogens is 1. The first-order valence-electron chi connectivity index (χ1n) is 16.0. The van der Waals surface area contributed by atoms with Crippen molar-refractivity contribution >= 4 is 91.8 Å². The molecule has 4 aromatic carbocycles. The van der Waals surface area contributed by atoms with Crippen LogP contribution in [0.15, 0.2) is 91.1 Å². The number of hydrogen-bond donors (Lipinski definition) is 6. The van der Waals surface area contributed by atoms with Crippen molar-refractivity contribution in [2.45, 2.75) is 39.0 Å². The minimum atomic E-state index is -5.63. The number of sulfone groups is 1. The Hall–Kier alpha value is -5.53. The first kappa shape index (κ1) is 42.1. The van der Waals surface area contributed by atoms with Crippen molar-refractivity contribution < 1.29 is 71.6 Å². The van der Waals surface area contributed by atoms with Crippen LogP contribution in [0.2, 0.25) is 5.02 Å². The van der Waals surface area contributed by atoms with Crippen LogP contribution < -0.4 is 10.9 Å². The molecule has 1 aliphatic carbocycles. The fourth-order valence-corrected chi connectivity index (χ4v) is 10.6. The number of rotatable bonds is 13. The molecular formula is C34H25ClN2O17S4. The fourth-order valence-electron chi connectivity index (χ4n) is 6.30. The van der Waals surface area contributed by atoms with E-state index in [4.69, 9.17) is 21.4 Å². The maximum Gasteiger partial charge on any atom is 0.344 e. The van der Waals surface area contributed by atoms with Crippen molar-refractivity contribution in [3.63, 3.8) is 0 Å². The number of ether oxygens (including phenoxy) is 1. The van der Waals surface area contributed by atoms with E-state index in [2.05, 4.69) is 10.3 Å². The number of benzene rings is 4. The summed E-state index contributed by atoms with van der Waals surface area (Å²) in [4.78, 5) is 49.6. The summed E-state index contributed by atoms with van der Waals surface area (Å²) >= 11 is 6.02. The van der Waals surface area contributed by atoms with Crippen LogP contribution in [0, 0.1) is 0 Å². The number of halogens is 1. The van der Waals surface area contributed by atoms with Gasteiger partial charge in [-0.05, 0) is 47.9 Å². The van der Waals surface area contributed by atoms with Gasteiger partial charge in [-0.25, -0.2) is 13.2 Å². The summed E-state index contributed by atoms with van der Waals surface area (Å²) in [6, 6.07) is 12.3. The maximum absolute atomic E-state index is 14.3. The van der Waals surface area contributed by atoms with E-state index in [-0.39, 0.29) is 22.2 Å². The second-order valence-corrected chi connectivity index (χ2v) is 19.2. The van der Waals surface area contributed by atoms with Gasteiger partial charge in [0.05, 0.1) is 33.1 Å². The first-order valence-corrected chi connectivity index (χ1v) is 22.4. The van der Waals surface area contributed by atoms with Gasteiger partial charge >= 0.3 is 11.9 Å². The van der Waals surface area contributed by atoms with E-state index in [0.717, 1.165) is 0 Å². The molecule has 304 valence electrons. The zero-order valence-electron chi connectivity index (χ0n) is 28.8. The van der Waals surface area contributed by atoms with Gasteiger partial charge in [0, 0.05) is 28.0 Å². The summed E-state index contributed by atoms with van der Waals surface area (Å²) in [5.41, 5.74) is -5.51. The zero-order chi connectivity index (χ0) is 42.7. The number of nitrogens with one attached hydrogen (secondary N) is 2. The Labute approximate surface area is 332 Å². The highest BCUT2D eigenvalue weighted by molar-refractivity contribution is 7.92. The lowest BCUT2D eigenvalue weighted by Crippen LogP contribution is -2.26. The molecule has 0 fully saturated rings. The Balaban J connectivity index is 1.68. The predicted molar refractivity (Wildman–Crippen MR) is 202 cm³/mol. The summed E-state index contributed by atoms with van der Waals surface area (Å²) in [7, 11) is -21.6. The van der Waals surface area contributed by atoms with Crippen molar-refractivity contribution in [1.82, 2.24) is 4.98 Å². The fraction of sp³-hybridized carbons (Fsp3) is 0.118. The third-order valence-corrected chi connectivity index (χ3v) is 13.5. The molecule has 0 spiro atoms. The number of ketones is 1. The Bertz CT molecular complexity index is 3160. The van der Waals surface area contributed by atoms with Crippen LogP contribution in [0.4, 0.5) is 11.4 Å². The Morgan fingerprint density at radius 2 is 1.34 bits per heavy atom.